The zero-order chi connectivity index (χ0) is 14.4. The first kappa shape index (κ1) is 15.0. The molecule has 0 spiro atoms. The number of carbonyl (C=O) groups is 1. The number of nitrogens with zero attached hydrogens (tertiary/aromatic N) is 1. The molecular weight excluding hydrogens is 250 g/mol. The summed E-state index contributed by atoms with van der Waals surface area (Å²) in [5, 5.41) is 0. The van der Waals surface area contributed by atoms with Gasteiger partial charge in [0, 0.05) is 0 Å². The fourth-order valence-electron chi connectivity index (χ4n) is 2.79. The summed E-state index contributed by atoms with van der Waals surface area (Å²) >= 11 is 0. The van der Waals surface area contributed by atoms with Crippen LogP contribution in [0.5, 0.6) is 5.75 Å². The van der Waals surface area contributed by atoms with E-state index in [4.69, 9.17) is 4.74 Å². The monoisotopic (exact) mass is 275 g/mol. The van der Waals surface area contributed by atoms with Gasteiger partial charge in [-0.05, 0) is 50.6 Å². The molecule has 0 radical (unpaired) electrons. The van der Waals surface area contributed by atoms with Crippen LogP contribution >= 0.6 is 0 Å². The molecule has 0 atom stereocenters. The second kappa shape index (κ2) is 7.44. The van der Waals surface area contributed by atoms with Crippen molar-refractivity contribution < 1.29 is 9.53 Å². The van der Waals surface area contributed by atoms with Crippen LogP contribution < -0.4 is 4.74 Å². The average Bonchev–Trinajstić information content (AvgIpc) is 2.41. The maximum absolute atomic E-state index is 12.5. The minimum atomic E-state index is 0.169. The summed E-state index contributed by atoms with van der Waals surface area (Å²) in [4.78, 5) is 14.8. The minimum absolute atomic E-state index is 0.169. The van der Waals surface area contributed by atoms with E-state index in [0.29, 0.717) is 17.9 Å². The van der Waals surface area contributed by atoms with Gasteiger partial charge >= 0.3 is 0 Å². The zero-order valence-corrected chi connectivity index (χ0v) is 12.7. The van der Waals surface area contributed by atoms with Crippen LogP contribution in [-0.4, -0.2) is 37.4 Å². The first-order valence-electron chi connectivity index (χ1n) is 7.61. The molecule has 1 heterocycles. The SMILES string of the molecule is COc1cc(C)ccc1C(=O)CN1CCCCCCC1. The Hall–Kier alpha value is -1.35. The Morgan fingerprint density at radius 3 is 2.45 bits per heavy atom. The van der Waals surface area contributed by atoms with Crippen molar-refractivity contribution in [2.45, 2.75) is 39.0 Å². The summed E-state index contributed by atoms with van der Waals surface area (Å²) in [7, 11) is 1.63. The van der Waals surface area contributed by atoms with Crippen molar-refractivity contribution in [1.82, 2.24) is 4.90 Å². The van der Waals surface area contributed by atoms with E-state index in [2.05, 4.69) is 4.90 Å². The number of ether oxygens (including phenoxy) is 1. The third kappa shape index (κ3) is 4.07. The fourth-order valence-corrected chi connectivity index (χ4v) is 2.79. The summed E-state index contributed by atoms with van der Waals surface area (Å²) in [6, 6.07) is 5.80. The molecule has 3 heteroatoms. The summed E-state index contributed by atoms with van der Waals surface area (Å²) in [6.07, 6.45) is 6.33. The Kier molecular flexibility index (Phi) is 5.60. The Bertz CT molecular complexity index is 448. The van der Waals surface area contributed by atoms with E-state index >= 15 is 0 Å². The van der Waals surface area contributed by atoms with Gasteiger partial charge in [0.05, 0.1) is 19.2 Å². The van der Waals surface area contributed by atoms with Gasteiger partial charge in [-0.3, -0.25) is 9.69 Å². The number of carbonyl (C=O) groups excluding carboxylic acids is 1. The number of ketones is 1. The van der Waals surface area contributed by atoms with Gasteiger partial charge in [0.2, 0.25) is 0 Å². The Labute approximate surface area is 121 Å². The molecular formula is C17H25NO2. The summed E-state index contributed by atoms with van der Waals surface area (Å²) < 4.78 is 5.34. The summed E-state index contributed by atoms with van der Waals surface area (Å²) in [5.41, 5.74) is 1.82. The van der Waals surface area contributed by atoms with Gasteiger partial charge in [0.25, 0.3) is 0 Å². The smallest absolute Gasteiger partial charge is 0.180 e. The fraction of sp³-hybridized carbons (Fsp3) is 0.588. The second-order valence-corrected chi connectivity index (χ2v) is 5.67. The number of methoxy groups -OCH3 is 1. The molecule has 0 aliphatic carbocycles. The Balaban J connectivity index is 2.03. The number of Topliss-reactive ketones (excluding diaryl/α,β-unsaturated/α-hetero) is 1. The van der Waals surface area contributed by atoms with Crippen LogP contribution in [0, 0.1) is 6.92 Å². The number of aryl methyl sites for hydroxylation is 1. The van der Waals surface area contributed by atoms with Crippen LogP contribution in [0.4, 0.5) is 0 Å². The molecule has 3 nitrogen and oxygen atoms in total. The van der Waals surface area contributed by atoms with Gasteiger partial charge in [0.1, 0.15) is 5.75 Å². The molecule has 110 valence electrons. The lowest BCUT2D eigenvalue weighted by atomic mass is 10.0. The molecule has 1 aliphatic heterocycles. The van der Waals surface area contributed by atoms with Crippen LogP contribution in [0.3, 0.4) is 0 Å². The van der Waals surface area contributed by atoms with Crippen molar-refractivity contribution in [3.8, 4) is 5.75 Å². The predicted octanol–water partition coefficient (Wildman–Crippen LogP) is 3.45. The molecule has 1 aromatic carbocycles. The molecule has 20 heavy (non-hydrogen) atoms. The van der Waals surface area contributed by atoms with E-state index in [1.807, 2.05) is 25.1 Å². The lowest BCUT2D eigenvalue weighted by Gasteiger charge is -2.24. The van der Waals surface area contributed by atoms with Crippen LogP contribution in [-0.2, 0) is 0 Å². The molecule has 0 amide bonds. The Morgan fingerprint density at radius 1 is 1.15 bits per heavy atom. The number of benzene rings is 1. The Morgan fingerprint density at radius 2 is 1.80 bits per heavy atom. The lowest BCUT2D eigenvalue weighted by Crippen LogP contribution is -2.32. The number of hydrogen-bond donors (Lipinski definition) is 0. The molecule has 0 aromatic heterocycles. The third-order valence-electron chi connectivity index (χ3n) is 3.97. The van der Waals surface area contributed by atoms with Crippen LogP contribution in [0.25, 0.3) is 0 Å². The van der Waals surface area contributed by atoms with E-state index in [0.717, 1.165) is 18.7 Å². The van der Waals surface area contributed by atoms with Gasteiger partial charge < -0.3 is 4.74 Å². The number of hydrogen-bond acceptors (Lipinski definition) is 3. The van der Waals surface area contributed by atoms with Crippen molar-refractivity contribution in [3.63, 3.8) is 0 Å². The molecule has 1 aromatic rings. The molecule has 1 fully saturated rings. The summed E-state index contributed by atoms with van der Waals surface area (Å²) in [5.74, 6) is 0.865. The predicted molar refractivity (Wildman–Crippen MR) is 81.6 cm³/mol. The first-order chi connectivity index (χ1) is 9.70. The second-order valence-electron chi connectivity index (χ2n) is 5.67. The molecule has 0 N–H and O–H groups in total. The maximum atomic E-state index is 12.5. The van der Waals surface area contributed by atoms with Gasteiger partial charge in [-0.2, -0.15) is 0 Å². The highest BCUT2D eigenvalue weighted by molar-refractivity contribution is 6.00. The highest BCUT2D eigenvalue weighted by Gasteiger charge is 2.17. The van der Waals surface area contributed by atoms with E-state index in [1.54, 1.807) is 7.11 Å². The highest BCUT2D eigenvalue weighted by atomic mass is 16.5. The van der Waals surface area contributed by atoms with Gasteiger partial charge in [-0.15, -0.1) is 0 Å². The van der Waals surface area contributed by atoms with Gasteiger partial charge in [-0.1, -0.05) is 25.3 Å². The van der Waals surface area contributed by atoms with Crippen LogP contribution in [0.1, 0.15) is 48.0 Å². The van der Waals surface area contributed by atoms with E-state index < -0.39 is 0 Å². The molecule has 0 unspecified atom stereocenters. The maximum Gasteiger partial charge on any atom is 0.180 e. The topological polar surface area (TPSA) is 29.5 Å². The zero-order valence-electron chi connectivity index (χ0n) is 12.7. The van der Waals surface area contributed by atoms with Crippen LogP contribution in [0.15, 0.2) is 18.2 Å². The van der Waals surface area contributed by atoms with Gasteiger partial charge in [-0.25, -0.2) is 0 Å². The first-order valence-corrected chi connectivity index (χ1v) is 7.61. The van der Waals surface area contributed by atoms with Crippen LogP contribution in [0.2, 0.25) is 0 Å². The third-order valence-corrected chi connectivity index (χ3v) is 3.97. The van der Waals surface area contributed by atoms with Crippen molar-refractivity contribution in [2.75, 3.05) is 26.7 Å². The van der Waals surface area contributed by atoms with E-state index in [-0.39, 0.29) is 5.78 Å². The van der Waals surface area contributed by atoms with E-state index in [9.17, 15) is 4.79 Å². The van der Waals surface area contributed by atoms with E-state index in [1.165, 1.54) is 32.1 Å². The standard InChI is InChI=1S/C17H25NO2/c1-14-8-9-15(17(12-14)20-2)16(19)13-18-10-6-4-3-5-7-11-18/h8-9,12H,3-7,10-11,13H2,1-2H3. The number of likely N-dealkylation sites (tertiary alicyclic amines) is 1. The lowest BCUT2D eigenvalue weighted by molar-refractivity contribution is 0.0921. The number of rotatable bonds is 4. The quantitative estimate of drug-likeness (QED) is 0.788. The van der Waals surface area contributed by atoms with Crippen molar-refractivity contribution in [2.24, 2.45) is 0 Å². The largest absolute Gasteiger partial charge is 0.496 e. The molecule has 1 aliphatic rings. The average molecular weight is 275 g/mol. The highest BCUT2D eigenvalue weighted by Crippen LogP contribution is 2.21. The van der Waals surface area contributed by atoms with Crippen molar-refractivity contribution in [1.29, 1.82) is 0 Å². The van der Waals surface area contributed by atoms with Gasteiger partial charge in [0.15, 0.2) is 5.78 Å². The molecule has 1 saturated heterocycles. The normalized spacial score (nSPS) is 17.3. The minimum Gasteiger partial charge on any atom is -0.496 e. The molecule has 2 rings (SSSR count). The van der Waals surface area contributed by atoms with Crippen molar-refractivity contribution >= 4 is 5.78 Å². The van der Waals surface area contributed by atoms with Crippen molar-refractivity contribution in [3.05, 3.63) is 29.3 Å². The summed E-state index contributed by atoms with van der Waals surface area (Å²) in [6.45, 7) is 4.61. The molecule has 0 saturated carbocycles. The molecule has 0 bridgehead atoms.